The first-order valence-corrected chi connectivity index (χ1v) is 11.6. The molecule has 0 saturated carbocycles. The Kier molecular flexibility index (Phi) is 9.20. The monoisotopic (exact) mass is 462 g/mol. The van der Waals surface area contributed by atoms with Crippen LogP contribution in [0.25, 0.3) is 0 Å². The minimum atomic E-state index is -4.27. The second-order valence-corrected chi connectivity index (χ2v) is 8.82. The number of nitrogens with one attached hydrogen (secondary N) is 2. The summed E-state index contributed by atoms with van der Waals surface area (Å²) in [5.74, 6) is 5.94. The molecule has 0 spiro atoms. The number of aryl methyl sites for hydroxylation is 1. The summed E-state index contributed by atoms with van der Waals surface area (Å²) in [6, 6.07) is 11.6. The average Bonchev–Trinajstić information content (AvgIpc) is 3.07. The summed E-state index contributed by atoms with van der Waals surface area (Å²) in [6.45, 7) is 4.59. The van der Waals surface area contributed by atoms with Gasteiger partial charge in [0.1, 0.15) is 22.5 Å². The van der Waals surface area contributed by atoms with Crippen molar-refractivity contribution in [3.8, 4) is 11.8 Å². The Morgan fingerprint density at radius 1 is 1.22 bits per heavy atom. The quantitative estimate of drug-likeness (QED) is 0.539. The van der Waals surface area contributed by atoms with Gasteiger partial charge >= 0.3 is 6.09 Å². The number of anilines is 1. The first-order chi connectivity index (χ1) is 15.1. The molecular weight excluding hydrogens is 435 g/mol. The zero-order valence-electron chi connectivity index (χ0n) is 18.2. The summed E-state index contributed by atoms with van der Waals surface area (Å²) < 4.78 is 49.3. The third-order valence-electron chi connectivity index (χ3n) is 4.77. The maximum Gasteiger partial charge on any atom is 0.412 e. The molecule has 32 heavy (non-hydrogen) atoms. The lowest BCUT2D eigenvalue weighted by molar-refractivity contribution is -0.884. The minimum Gasteiger partial charge on any atom is -0.744 e. The van der Waals surface area contributed by atoms with Crippen LogP contribution in [-0.4, -0.2) is 44.8 Å². The van der Waals surface area contributed by atoms with Crippen molar-refractivity contribution in [1.82, 2.24) is 0 Å². The number of carbonyl (C=O) groups is 1. The van der Waals surface area contributed by atoms with E-state index in [2.05, 4.69) is 24.2 Å². The highest BCUT2D eigenvalue weighted by molar-refractivity contribution is 7.85. The number of halogens is 1. The van der Waals surface area contributed by atoms with Crippen molar-refractivity contribution in [3.05, 3.63) is 59.9 Å². The molecule has 172 valence electrons. The van der Waals surface area contributed by atoms with E-state index in [0.29, 0.717) is 5.69 Å². The number of likely N-dealkylation sites (N-methyl/N-ethyl adjacent to an activating group) is 1. The summed E-state index contributed by atoms with van der Waals surface area (Å²) >= 11 is 0. The summed E-state index contributed by atoms with van der Waals surface area (Å²) in [4.78, 5) is 12.9. The molecule has 0 aromatic heterocycles. The van der Waals surface area contributed by atoms with Gasteiger partial charge in [-0.1, -0.05) is 30.5 Å². The summed E-state index contributed by atoms with van der Waals surface area (Å²) in [6.07, 6.45) is 0.931. The first kappa shape index (κ1) is 25.3. The molecule has 1 aliphatic heterocycles. The number of carbonyl (C=O) groups excluding carboxylic acids is 1. The third-order valence-corrected chi connectivity index (χ3v) is 5.62. The topological polar surface area (TPSA) is 100.0 Å². The van der Waals surface area contributed by atoms with Crippen molar-refractivity contribution < 1.29 is 31.8 Å². The van der Waals surface area contributed by atoms with Gasteiger partial charge in [-0.15, -0.1) is 0 Å². The summed E-state index contributed by atoms with van der Waals surface area (Å²) in [5, 5.41) is 2.60. The molecule has 2 aromatic rings. The molecule has 1 fully saturated rings. The van der Waals surface area contributed by atoms with Gasteiger partial charge in [0.15, 0.2) is 12.1 Å². The van der Waals surface area contributed by atoms with E-state index >= 15 is 0 Å². The van der Waals surface area contributed by atoms with E-state index in [1.165, 1.54) is 41.3 Å². The first-order valence-electron chi connectivity index (χ1n) is 10.1. The number of rotatable bonds is 3. The molecule has 1 heterocycles. The molecule has 0 aliphatic carbocycles. The lowest BCUT2D eigenvalue weighted by Crippen LogP contribution is -3.11. The van der Waals surface area contributed by atoms with Crippen LogP contribution in [0.4, 0.5) is 14.9 Å². The molecule has 0 radical (unpaired) electrons. The molecule has 3 unspecified atom stereocenters. The Labute approximate surface area is 188 Å². The van der Waals surface area contributed by atoms with Gasteiger partial charge < -0.3 is 14.2 Å². The van der Waals surface area contributed by atoms with Gasteiger partial charge in [-0.05, 0) is 49.2 Å². The van der Waals surface area contributed by atoms with Gasteiger partial charge in [0.25, 0.3) is 0 Å². The summed E-state index contributed by atoms with van der Waals surface area (Å²) in [5.41, 5.74) is 1.44. The maximum atomic E-state index is 12.8. The second-order valence-electron chi connectivity index (χ2n) is 7.44. The fourth-order valence-electron chi connectivity index (χ4n) is 3.08. The Balaban J connectivity index is 0.000000278. The third kappa shape index (κ3) is 8.30. The molecule has 1 amide bonds. The molecule has 1 aliphatic rings. The smallest absolute Gasteiger partial charge is 0.412 e. The van der Waals surface area contributed by atoms with Gasteiger partial charge in [0.2, 0.25) is 0 Å². The number of amides is 1. The normalized spacial score (nSPS) is 19.7. The molecule has 3 atom stereocenters. The Morgan fingerprint density at radius 3 is 2.41 bits per heavy atom. The number of quaternary nitrogens is 1. The lowest BCUT2D eigenvalue weighted by Gasteiger charge is -2.11. The molecule has 9 heteroatoms. The number of likely N-dealkylation sites (tertiary alicyclic amines) is 1. The van der Waals surface area contributed by atoms with Gasteiger partial charge in [-0.2, -0.15) is 0 Å². The van der Waals surface area contributed by atoms with Crippen molar-refractivity contribution in [2.24, 2.45) is 0 Å². The van der Waals surface area contributed by atoms with E-state index in [9.17, 15) is 22.2 Å². The molecule has 1 saturated heterocycles. The predicted molar refractivity (Wildman–Crippen MR) is 118 cm³/mol. The van der Waals surface area contributed by atoms with E-state index in [1.54, 1.807) is 12.1 Å². The second kappa shape index (κ2) is 11.6. The van der Waals surface area contributed by atoms with Crippen molar-refractivity contribution >= 4 is 21.9 Å². The highest BCUT2D eigenvalue weighted by Gasteiger charge is 2.34. The minimum absolute atomic E-state index is 0.137. The molecule has 0 bridgehead atoms. The van der Waals surface area contributed by atoms with Gasteiger partial charge in [0, 0.05) is 12.1 Å². The maximum absolute atomic E-state index is 12.8. The predicted octanol–water partition coefficient (Wildman–Crippen LogP) is 2.34. The standard InChI is InChI=1S/C16H19FN2O2.C7H8O3S/c1-3-4-5-14-10-15(11-19(14)2)21-16(20)18-13-8-6-12(17)7-9-13;1-6-2-4-7(5-3-6)11(8,9)10/h6-9,14-15H,3,10-11H2,1-2H3,(H,18,20);2-5H,1H3,(H,8,9,10). The molecule has 2 aromatic carbocycles. The molecule has 3 rings (SSSR count). The van der Waals surface area contributed by atoms with Crippen LogP contribution in [0.5, 0.6) is 0 Å². The number of hydrogen-bond donors (Lipinski definition) is 2. The van der Waals surface area contributed by atoms with Crippen molar-refractivity contribution in [3.63, 3.8) is 0 Å². The highest BCUT2D eigenvalue weighted by Crippen LogP contribution is 2.11. The number of benzene rings is 2. The number of ether oxygens (including phenoxy) is 1. The fraction of sp³-hybridized carbons (Fsp3) is 0.348. The highest BCUT2D eigenvalue weighted by atomic mass is 32.2. The Bertz CT molecular complexity index is 1060. The van der Waals surface area contributed by atoms with E-state index < -0.39 is 16.2 Å². The van der Waals surface area contributed by atoms with E-state index in [4.69, 9.17) is 4.74 Å². The van der Waals surface area contributed by atoms with Crippen LogP contribution < -0.4 is 10.2 Å². The van der Waals surface area contributed by atoms with Crippen molar-refractivity contribution in [2.45, 2.75) is 43.7 Å². The summed E-state index contributed by atoms with van der Waals surface area (Å²) in [7, 11) is -2.22. The van der Waals surface area contributed by atoms with Crippen molar-refractivity contribution in [1.29, 1.82) is 0 Å². The zero-order chi connectivity index (χ0) is 23.7. The van der Waals surface area contributed by atoms with Crippen LogP contribution >= 0.6 is 0 Å². The van der Waals surface area contributed by atoms with Gasteiger partial charge in [0.05, 0.1) is 18.4 Å². The van der Waals surface area contributed by atoms with Gasteiger partial charge in [-0.3, -0.25) is 5.32 Å². The van der Waals surface area contributed by atoms with E-state index in [1.807, 2.05) is 13.8 Å². The van der Waals surface area contributed by atoms with Crippen molar-refractivity contribution in [2.75, 3.05) is 18.9 Å². The van der Waals surface area contributed by atoms with Crippen LogP contribution in [0.1, 0.15) is 25.3 Å². The van der Waals surface area contributed by atoms with Crippen LogP contribution in [0.2, 0.25) is 0 Å². The Morgan fingerprint density at radius 2 is 1.84 bits per heavy atom. The van der Waals surface area contributed by atoms with E-state index in [-0.39, 0.29) is 22.9 Å². The lowest BCUT2D eigenvalue weighted by atomic mass is 10.2. The van der Waals surface area contributed by atoms with Crippen LogP contribution in [-0.2, 0) is 14.9 Å². The molecule has 2 N–H and O–H groups in total. The number of hydrogen-bond acceptors (Lipinski definition) is 5. The van der Waals surface area contributed by atoms with Gasteiger partial charge in [-0.25, -0.2) is 17.6 Å². The van der Waals surface area contributed by atoms with Crippen LogP contribution in [0.15, 0.2) is 53.4 Å². The largest absolute Gasteiger partial charge is 0.744 e. The SMILES string of the molecule is CCC#CC1CC(OC(=O)Nc2ccc(F)cc2)C[NH+]1C.Cc1ccc(S(=O)(=O)[O-])cc1. The fourth-order valence-corrected chi connectivity index (χ4v) is 3.55. The van der Waals surface area contributed by atoms with Crippen LogP contribution in [0.3, 0.4) is 0 Å². The zero-order valence-corrected chi connectivity index (χ0v) is 19.0. The van der Waals surface area contributed by atoms with Crippen LogP contribution in [0, 0.1) is 24.6 Å². The molecular formula is C23H27FN2O5S. The van der Waals surface area contributed by atoms with E-state index in [0.717, 1.165) is 24.9 Å². The average molecular weight is 463 g/mol. The molecule has 7 nitrogen and oxygen atoms in total. The Hall–Kier alpha value is -2.93.